The fraction of sp³-hybridized carbons (Fsp3) is 0.556. The van der Waals surface area contributed by atoms with E-state index < -0.39 is 63.8 Å². The number of hydrogen-bond acceptors (Lipinski definition) is 4. The zero-order valence-electron chi connectivity index (χ0n) is 21.9. The van der Waals surface area contributed by atoms with E-state index in [0.29, 0.717) is 12.8 Å². The van der Waals surface area contributed by atoms with Crippen LogP contribution >= 0.6 is 23.2 Å². The molecule has 2 N–H and O–H groups in total. The number of rotatable bonds is 8. The van der Waals surface area contributed by atoms with E-state index in [0.717, 1.165) is 29.4 Å². The van der Waals surface area contributed by atoms with E-state index in [9.17, 15) is 37.1 Å². The van der Waals surface area contributed by atoms with Gasteiger partial charge in [0.2, 0.25) is 0 Å². The van der Waals surface area contributed by atoms with Gasteiger partial charge in [-0.3, -0.25) is 19.1 Å². The first-order valence-corrected chi connectivity index (χ1v) is 13.7. The van der Waals surface area contributed by atoms with E-state index >= 15 is 0 Å². The van der Waals surface area contributed by atoms with Crippen LogP contribution in [0.5, 0.6) is 0 Å². The highest BCUT2D eigenvalue weighted by Gasteiger charge is 2.46. The normalized spacial score (nSPS) is 23.2. The van der Waals surface area contributed by atoms with Gasteiger partial charge in [-0.1, -0.05) is 36.5 Å². The van der Waals surface area contributed by atoms with Gasteiger partial charge in [0.25, 0.3) is 5.91 Å². The van der Waals surface area contributed by atoms with Crippen molar-refractivity contribution < 1.29 is 37.1 Å². The average molecular weight is 606 g/mol. The summed E-state index contributed by atoms with van der Waals surface area (Å²) in [5, 5.41) is 15.6. The van der Waals surface area contributed by atoms with Crippen LogP contribution in [0, 0.1) is 16.6 Å². The fourth-order valence-electron chi connectivity index (χ4n) is 5.67. The van der Waals surface area contributed by atoms with Crippen molar-refractivity contribution in [3.8, 4) is 0 Å². The Morgan fingerprint density at radius 2 is 1.70 bits per heavy atom. The number of nitrogens with zero attached hydrogens (tertiary/aromatic N) is 2. The number of alkyl halides is 3. The number of aliphatic carboxylic acids is 1. The topological polar surface area (TPSA) is 101 Å². The second-order valence-electron chi connectivity index (χ2n) is 11.4. The van der Waals surface area contributed by atoms with Gasteiger partial charge in [0.15, 0.2) is 11.5 Å². The third-order valence-corrected chi connectivity index (χ3v) is 9.14. The van der Waals surface area contributed by atoms with Crippen molar-refractivity contribution in [3.63, 3.8) is 0 Å². The number of Topliss-reactive ketones (excluding diaryl/α,β-unsaturated/α-hetero) is 1. The van der Waals surface area contributed by atoms with Crippen LogP contribution in [0.15, 0.2) is 18.3 Å². The largest absolute Gasteiger partial charge is 0.481 e. The van der Waals surface area contributed by atoms with E-state index in [2.05, 4.69) is 10.4 Å². The van der Waals surface area contributed by atoms with Gasteiger partial charge in [0, 0.05) is 12.5 Å². The first-order valence-electron chi connectivity index (χ1n) is 12.9. The predicted molar refractivity (Wildman–Crippen MR) is 139 cm³/mol. The van der Waals surface area contributed by atoms with Crippen molar-refractivity contribution in [1.82, 2.24) is 15.1 Å². The Kier molecular flexibility index (Phi) is 8.31. The van der Waals surface area contributed by atoms with Crippen LogP contribution in [-0.4, -0.2) is 38.6 Å². The summed E-state index contributed by atoms with van der Waals surface area (Å²) < 4.78 is 57.3. The second kappa shape index (κ2) is 11.0. The van der Waals surface area contributed by atoms with Crippen molar-refractivity contribution in [1.29, 1.82) is 0 Å². The average Bonchev–Trinajstić information content (AvgIpc) is 3.28. The van der Waals surface area contributed by atoms with Crippen molar-refractivity contribution in [2.24, 2.45) is 10.8 Å². The number of carboxylic acid groups (broad SMARTS) is 1. The Balaban J connectivity index is 1.60. The molecule has 13 heteroatoms. The SMILES string of the molecule is CC1(C(=O)O)CCC(n2ncc(C(=O)NC(CC(=O)c3c(Cl)cc(F)cc3Cl)C3(C)CCC3)c2C(F)(F)F)CC1. The van der Waals surface area contributed by atoms with Gasteiger partial charge in [0.05, 0.1) is 38.8 Å². The molecule has 2 saturated carbocycles. The molecule has 2 aliphatic rings. The molecule has 0 spiro atoms. The summed E-state index contributed by atoms with van der Waals surface area (Å²) in [6, 6.07) is 0.296. The molecule has 2 aliphatic carbocycles. The molecular formula is C27H29Cl2F4N3O4. The van der Waals surface area contributed by atoms with Gasteiger partial charge < -0.3 is 10.4 Å². The summed E-state index contributed by atoms with van der Waals surface area (Å²) in [5.41, 5.74) is -3.62. The molecule has 218 valence electrons. The maximum atomic E-state index is 14.3. The van der Waals surface area contributed by atoms with Crippen LogP contribution in [0.2, 0.25) is 10.0 Å². The Bertz CT molecular complexity index is 1310. The monoisotopic (exact) mass is 605 g/mol. The van der Waals surface area contributed by atoms with Gasteiger partial charge >= 0.3 is 12.1 Å². The molecule has 0 saturated heterocycles. The Labute approximate surface area is 238 Å². The molecule has 1 atom stereocenters. The molecule has 0 bridgehead atoms. The molecule has 0 radical (unpaired) electrons. The van der Waals surface area contributed by atoms with Crippen LogP contribution < -0.4 is 5.32 Å². The number of benzene rings is 1. The minimum atomic E-state index is -4.92. The van der Waals surface area contributed by atoms with Crippen molar-refractivity contribution in [2.75, 3.05) is 0 Å². The molecule has 1 aromatic carbocycles. The molecule has 2 fully saturated rings. The first-order chi connectivity index (χ1) is 18.6. The number of hydrogen-bond donors (Lipinski definition) is 2. The molecule has 1 aromatic heterocycles. The minimum absolute atomic E-state index is 0.124. The number of halogens is 6. The zero-order chi connectivity index (χ0) is 29.6. The lowest BCUT2D eigenvalue weighted by Gasteiger charge is -2.45. The summed E-state index contributed by atoms with van der Waals surface area (Å²) in [6.45, 7) is 3.39. The van der Waals surface area contributed by atoms with Gasteiger partial charge in [-0.25, -0.2) is 4.39 Å². The lowest BCUT2D eigenvalue weighted by atomic mass is 9.64. The van der Waals surface area contributed by atoms with Gasteiger partial charge in [-0.05, 0) is 63.0 Å². The van der Waals surface area contributed by atoms with E-state index in [1.54, 1.807) is 6.92 Å². The van der Waals surface area contributed by atoms with Crippen LogP contribution in [-0.2, 0) is 11.0 Å². The molecule has 2 aromatic rings. The van der Waals surface area contributed by atoms with Crippen molar-refractivity contribution in [3.05, 3.63) is 51.0 Å². The maximum Gasteiger partial charge on any atom is 0.433 e. The molecule has 1 amide bonds. The van der Waals surface area contributed by atoms with Gasteiger partial charge in [-0.2, -0.15) is 18.3 Å². The fourth-order valence-corrected chi connectivity index (χ4v) is 6.34. The van der Waals surface area contributed by atoms with Crippen LogP contribution in [0.3, 0.4) is 0 Å². The number of amides is 1. The highest BCUT2D eigenvalue weighted by atomic mass is 35.5. The highest BCUT2D eigenvalue weighted by Crippen LogP contribution is 2.46. The molecular weight excluding hydrogens is 577 g/mol. The van der Waals surface area contributed by atoms with Crippen LogP contribution in [0.25, 0.3) is 0 Å². The van der Waals surface area contributed by atoms with Crippen LogP contribution in [0.4, 0.5) is 17.6 Å². The third kappa shape index (κ3) is 5.86. The summed E-state index contributed by atoms with van der Waals surface area (Å²) >= 11 is 12.1. The molecule has 1 heterocycles. The summed E-state index contributed by atoms with van der Waals surface area (Å²) in [6.07, 6.45) is -1.64. The molecule has 0 aliphatic heterocycles. The van der Waals surface area contributed by atoms with Crippen molar-refractivity contribution in [2.45, 2.75) is 83.5 Å². The number of ketones is 1. The number of carboxylic acids is 1. The first kappa shape index (κ1) is 30.3. The Morgan fingerprint density at radius 1 is 1.12 bits per heavy atom. The molecule has 40 heavy (non-hydrogen) atoms. The van der Waals surface area contributed by atoms with E-state index in [4.69, 9.17) is 23.2 Å². The standard InChI is InChI=1S/C27H29Cl2F4N3O4/c1-25(6-3-7-25)20(12-19(37)21-17(28)10-14(30)11-18(21)29)35-23(38)16-13-34-36(22(16)27(31,32)33)15-4-8-26(2,9-5-15)24(39)40/h10-11,13,15,20H,3-9,12H2,1-2H3,(H,35,38)(H,39,40). The van der Waals surface area contributed by atoms with Gasteiger partial charge in [-0.15, -0.1) is 0 Å². The lowest BCUT2D eigenvalue weighted by molar-refractivity contribution is -0.152. The highest BCUT2D eigenvalue weighted by molar-refractivity contribution is 6.39. The molecule has 4 rings (SSSR count). The molecule has 7 nitrogen and oxygen atoms in total. The summed E-state index contributed by atoms with van der Waals surface area (Å²) in [4.78, 5) is 38.1. The number of aromatic nitrogens is 2. The smallest absolute Gasteiger partial charge is 0.433 e. The van der Waals surface area contributed by atoms with Crippen molar-refractivity contribution >= 4 is 40.9 Å². The third-order valence-electron chi connectivity index (χ3n) is 8.55. The minimum Gasteiger partial charge on any atom is -0.481 e. The number of nitrogens with one attached hydrogen (secondary N) is 1. The maximum absolute atomic E-state index is 14.3. The van der Waals surface area contributed by atoms with E-state index in [1.165, 1.54) is 0 Å². The summed E-state index contributed by atoms with van der Waals surface area (Å²) in [7, 11) is 0. The molecule has 1 unspecified atom stereocenters. The van der Waals surface area contributed by atoms with E-state index in [1.807, 2.05) is 6.92 Å². The number of carbonyl (C=O) groups is 3. The zero-order valence-corrected chi connectivity index (χ0v) is 23.4. The Morgan fingerprint density at radius 3 is 2.17 bits per heavy atom. The summed E-state index contributed by atoms with van der Waals surface area (Å²) in [5.74, 6) is -3.35. The predicted octanol–water partition coefficient (Wildman–Crippen LogP) is 7.12. The Hall–Kier alpha value is -2.66. The van der Waals surface area contributed by atoms with Gasteiger partial charge in [0.1, 0.15) is 5.82 Å². The van der Waals surface area contributed by atoms with E-state index in [-0.39, 0.29) is 47.7 Å². The second-order valence-corrected chi connectivity index (χ2v) is 12.2. The quantitative estimate of drug-likeness (QED) is 0.246. The van der Waals surface area contributed by atoms with Crippen LogP contribution in [0.1, 0.15) is 97.7 Å². The lowest BCUT2D eigenvalue weighted by Crippen LogP contribution is -2.51. The number of carbonyl (C=O) groups excluding carboxylic acids is 2.